The average Bonchev–Trinajstić information content (AvgIpc) is 2.76. The molecular formula is C11H20N4OS. The third kappa shape index (κ3) is 4.57. The van der Waals surface area contributed by atoms with Crippen LogP contribution in [0.5, 0.6) is 0 Å². The van der Waals surface area contributed by atoms with Crippen LogP contribution >= 0.6 is 11.5 Å². The van der Waals surface area contributed by atoms with Crippen LogP contribution in [-0.4, -0.2) is 41.7 Å². The summed E-state index contributed by atoms with van der Waals surface area (Å²) in [5.74, 6) is 0.837. The average molecular weight is 256 g/mol. The van der Waals surface area contributed by atoms with Crippen LogP contribution in [0.1, 0.15) is 25.1 Å². The number of piperidine rings is 1. The minimum Gasteiger partial charge on any atom is -0.378 e. The highest BCUT2D eigenvalue weighted by molar-refractivity contribution is 7.09. The third-order valence-corrected chi connectivity index (χ3v) is 3.53. The van der Waals surface area contributed by atoms with Crippen molar-refractivity contribution in [1.82, 2.24) is 14.7 Å². The monoisotopic (exact) mass is 256 g/mol. The molecule has 0 amide bonds. The number of aryl methyl sites for hydroxylation is 1. The number of anilines is 1. The van der Waals surface area contributed by atoms with Crippen LogP contribution in [0.4, 0.5) is 5.13 Å². The first-order valence-electron chi connectivity index (χ1n) is 6.21. The molecule has 96 valence electrons. The predicted molar refractivity (Wildman–Crippen MR) is 69.6 cm³/mol. The van der Waals surface area contributed by atoms with Gasteiger partial charge >= 0.3 is 0 Å². The van der Waals surface area contributed by atoms with Gasteiger partial charge in [-0.25, -0.2) is 4.98 Å². The minimum absolute atomic E-state index is 0.458. The Kier molecular flexibility index (Phi) is 5.15. The second-order valence-corrected chi connectivity index (χ2v) is 5.00. The van der Waals surface area contributed by atoms with E-state index in [0.29, 0.717) is 6.10 Å². The summed E-state index contributed by atoms with van der Waals surface area (Å²) in [7, 11) is 0. The highest BCUT2D eigenvalue weighted by Gasteiger charge is 2.12. The fraction of sp³-hybridized carbons (Fsp3) is 0.818. The van der Waals surface area contributed by atoms with Gasteiger partial charge in [-0.1, -0.05) is 0 Å². The van der Waals surface area contributed by atoms with Crippen LogP contribution < -0.4 is 10.6 Å². The van der Waals surface area contributed by atoms with E-state index in [0.717, 1.165) is 56.5 Å². The Balaban J connectivity index is 1.51. The van der Waals surface area contributed by atoms with Crippen LogP contribution in [0, 0.1) is 6.92 Å². The van der Waals surface area contributed by atoms with Crippen LogP contribution in [0.15, 0.2) is 0 Å². The van der Waals surface area contributed by atoms with Crippen molar-refractivity contribution >= 4 is 16.7 Å². The normalized spacial score (nSPS) is 17.2. The lowest BCUT2D eigenvalue weighted by molar-refractivity contribution is 0.0329. The Morgan fingerprint density at radius 2 is 2.29 bits per heavy atom. The number of rotatable bonds is 6. The Hall–Kier alpha value is -0.720. The van der Waals surface area contributed by atoms with Crippen LogP contribution in [-0.2, 0) is 4.74 Å². The molecular weight excluding hydrogens is 236 g/mol. The summed E-state index contributed by atoms with van der Waals surface area (Å²) in [4.78, 5) is 4.25. The molecule has 0 unspecified atom stereocenters. The Morgan fingerprint density at radius 3 is 3.00 bits per heavy atom. The fourth-order valence-corrected chi connectivity index (χ4v) is 2.45. The van der Waals surface area contributed by atoms with Gasteiger partial charge < -0.3 is 15.4 Å². The molecule has 5 nitrogen and oxygen atoms in total. The number of hydrogen-bond acceptors (Lipinski definition) is 6. The molecule has 0 spiro atoms. The first kappa shape index (κ1) is 12.7. The maximum atomic E-state index is 5.81. The Labute approximate surface area is 106 Å². The first-order chi connectivity index (χ1) is 8.34. The van der Waals surface area contributed by atoms with Crippen molar-refractivity contribution in [2.24, 2.45) is 0 Å². The van der Waals surface area contributed by atoms with Gasteiger partial charge in [0.1, 0.15) is 5.82 Å². The molecule has 1 fully saturated rings. The largest absolute Gasteiger partial charge is 0.378 e. The molecule has 6 heteroatoms. The van der Waals surface area contributed by atoms with Crippen molar-refractivity contribution < 1.29 is 4.74 Å². The van der Waals surface area contributed by atoms with Gasteiger partial charge in [0, 0.05) is 24.7 Å². The van der Waals surface area contributed by atoms with Gasteiger partial charge in [-0.2, -0.15) is 4.37 Å². The molecule has 1 aromatic heterocycles. The summed E-state index contributed by atoms with van der Waals surface area (Å²) in [5, 5.41) is 7.50. The molecule has 0 atom stereocenters. The summed E-state index contributed by atoms with van der Waals surface area (Å²) in [5.41, 5.74) is 0. The zero-order valence-corrected chi connectivity index (χ0v) is 11.1. The molecule has 2 heterocycles. The third-order valence-electron chi connectivity index (χ3n) is 2.76. The van der Waals surface area contributed by atoms with E-state index in [-0.39, 0.29) is 0 Å². The molecule has 0 aromatic carbocycles. The summed E-state index contributed by atoms with van der Waals surface area (Å²) in [6.45, 7) is 5.82. The van der Waals surface area contributed by atoms with E-state index >= 15 is 0 Å². The molecule has 0 bridgehead atoms. The summed E-state index contributed by atoms with van der Waals surface area (Å²) >= 11 is 1.41. The highest BCUT2D eigenvalue weighted by Crippen LogP contribution is 2.10. The lowest BCUT2D eigenvalue weighted by Gasteiger charge is -2.22. The number of nitrogens with one attached hydrogen (secondary N) is 2. The Morgan fingerprint density at radius 1 is 1.47 bits per heavy atom. The van der Waals surface area contributed by atoms with Gasteiger partial charge in [0.05, 0.1) is 6.10 Å². The van der Waals surface area contributed by atoms with E-state index < -0.39 is 0 Å². The van der Waals surface area contributed by atoms with Gasteiger partial charge in [-0.05, 0) is 39.3 Å². The molecule has 1 aliphatic rings. The molecule has 0 aliphatic carbocycles. The second-order valence-electron chi connectivity index (χ2n) is 4.25. The minimum atomic E-state index is 0.458. The van der Waals surface area contributed by atoms with Crippen LogP contribution in [0.3, 0.4) is 0 Å². The van der Waals surface area contributed by atoms with Gasteiger partial charge in [0.25, 0.3) is 0 Å². The van der Waals surface area contributed by atoms with Crippen LogP contribution in [0.25, 0.3) is 0 Å². The van der Waals surface area contributed by atoms with Crippen molar-refractivity contribution in [2.75, 3.05) is 31.6 Å². The molecule has 1 aliphatic heterocycles. The van der Waals surface area contributed by atoms with E-state index in [1.54, 1.807) is 0 Å². The van der Waals surface area contributed by atoms with Gasteiger partial charge in [-0.3, -0.25) is 0 Å². The van der Waals surface area contributed by atoms with Crippen molar-refractivity contribution in [3.05, 3.63) is 5.82 Å². The summed E-state index contributed by atoms with van der Waals surface area (Å²) < 4.78 is 9.93. The molecule has 2 N–H and O–H groups in total. The van der Waals surface area contributed by atoms with Crippen LogP contribution in [0.2, 0.25) is 0 Å². The number of nitrogens with zero attached hydrogens (tertiary/aromatic N) is 2. The van der Waals surface area contributed by atoms with E-state index in [4.69, 9.17) is 4.74 Å². The Bertz CT molecular complexity index is 325. The molecule has 0 saturated carbocycles. The molecule has 1 saturated heterocycles. The topological polar surface area (TPSA) is 59.1 Å². The van der Waals surface area contributed by atoms with Crippen molar-refractivity contribution in [3.8, 4) is 0 Å². The van der Waals surface area contributed by atoms with E-state index in [2.05, 4.69) is 20.0 Å². The SMILES string of the molecule is Cc1nsc(NCCCOC2CCNCC2)n1. The summed E-state index contributed by atoms with van der Waals surface area (Å²) in [6.07, 6.45) is 3.76. The quantitative estimate of drug-likeness (QED) is 0.754. The standard InChI is InChI=1S/C11H20N4OS/c1-9-14-11(17-15-9)13-5-2-8-16-10-3-6-12-7-4-10/h10,12H,2-8H2,1H3,(H,13,14,15). The number of aromatic nitrogens is 2. The number of ether oxygens (including phenoxy) is 1. The van der Waals surface area contributed by atoms with E-state index in [1.807, 2.05) is 6.92 Å². The molecule has 0 radical (unpaired) electrons. The maximum Gasteiger partial charge on any atom is 0.202 e. The lowest BCUT2D eigenvalue weighted by atomic mass is 10.1. The van der Waals surface area contributed by atoms with E-state index in [1.165, 1.54) is 11.5 Å². The first-order valence-corrected chi connectivity index (χ1v) is 6.98. The van der Waals surface area contributed by atoms with Gasteiger partial charge in [-0.15, -0.1) is 0 Å². The predicted octanol–water partition coefficient (Wildman–Crippen LogP) is 1.42. The molecule has 2 rings (SSSR count). The zero-order valence-electron chi connectivity index (χ0n) is 10.2. The van der Waals surface area contributed by atoms with Gasteiger partial charge in [0.2, 0.25) is 5.13 Å². The second kappa shape index (κ2) is 6.88. The zero-order chi connectivity index (χ0) is 11.9. The van der Waals surface area contributed by atoms with Crippen molar-refractivity contribution in [2.45, 2.75) is 32.3 Å². The smallest absolute Gasteiger partial charge is 0.202 e. The maximum absolute atomic E-state index is 5.81. The van der Waals surface area contributed by atoms with Gasteiger partial charge in [0.15, 0.2) is 0 Å². The van der Waals surface area contributed by atoms with Crippen molar-refractivity contribution in [1.29, 1.82) is 0 Å². The highest BCUT2D eigenvalue weighted by atomic mass is 32.1. The van der Waals surface area contributed by atoms with Crippen molar-refractivity contribution in [3.63, 3.8) is 0 Å². The lowest BCUT2D eigenvalue weighted by Crippen LogP contribution is -2.32. The fourth-order valence-electron chi connectivity index (χ4n) is 1.85. The number of hydrogen-bond donors (Lipinski definition) is 2. The van der Waals surface area contributed by atoms with E-state index in [9.17, 15) is 0 Å². The molecule has 17 heavy (non-hydrogen) atoms. The molecule has 1 aromatic rings. The summed E-state index contributed by atoms with van der Waals surface area (Å²) in [6, 6.07) is 0.